The summed E-state index contributed by atoms with van der Waals surface area (Å²) in [7, 11) is 0. The van der Waals surface area contributed by atoms with E-state index in [-0.39, 0.29) is 47.9 Å². The second-order valence-electron chi connectivity index (χ2n) is 14.7. The smallest absolute Gasteiger partial charge is 0.164 e. The Morgan fingerprint density at radius 1 is 0.878 bits per heavy atom. The molecule has 3 heterocycles. The number of fused-ring (bicyclic) bond motifs is 5. The molecular weight excluding hydrogens is 803 g/mol. The standard InChI is InChI=1S/C28H22NOS.C15H28O2.Ir/c1-16-11-18-14-25-21(15-23(18)30-16)26-24(31-25)9-10-29-27(26)19-12-17-7-5-6-8-20(17)22(13-19)28(2,3)4;1-7-14(5,8-2)12(16)11-13(17)15(6,9-3)10-4;/h5-11,13-15H,1-4H3;11,16H,7-10H2,1-6H3;/q-1;;/b;12-11-;. The number of hydrogen-bond acceptors (Lipinski definition) is 5. The molecule has 3 aromatic heterocycles. The van der Waals surface area contributed by atoms with E-state index in [0.717, 1.165) is 59.1 Å². The molecule has 0 amide bonds. The number of allylic oxidation sites excluding steroid dienone is 2. The third-order valence-electron chi connectivity index (χ3n) is 10.6. The molecule has 4 nitrogen and oxygen atoms in total. The van der Waals surface area contributed by atoms with Gasteiger partial charge in [-0.15, -0.1) is 40.5 Å². The third-order valence-corrected chi connectivity index (χ3v) is 11.7. The average molecular weight is 853 g/mol. The molecule has 0 atom stereocenters. The van der Waals surface area contributed by atoms with Gasteiger partial charge >= 0.3 is 0 Å². The molecule has 0 spiro atoms. The Labute approximate surface area is 309 Å². The van der Waals surface area contributed by atoms with Gasteiger partial charge in [-0.25, -0.2) is 0 Å². The molecular formula is C43H50IrNO3S-. The number of rotatable bonds is 8. The molecule has 0 aliphatic rings. The van der Waals surface area contributed by atoms with E-state index in [1.54, 1.807) is 0 Å². The molecule has 0 aliphatic carbocycles. The number of aromatic nitrogens is 1. The molecule has 6 heteroatoms. The summed E-state index contributed by atoms with van der Waals surface area (Å²) < 4.78 is 8.44. The summed E-state index contributed by atoms with van der Waals surface area (Å²) >= 11 is 1.81. The van der Waals surface area contributed by atoms with Gasteiger partial charge in [-0.05, 0) is 73.1 Å². The maximum Gasteiger partial charge on any atom is 0.164 e. The van der Waals surface area contributed by atoms with Gasteiger partial charge < -0.3 is 9.52 Å². The zero-order chi connectivity index (χ0) is 35.0. The number of aliphatic hydroxyl groups excluding tert-OH is 1. The van der Waals surface area contributed by atoms with Crippen LogP contribution in [0.4, 0.5) is 0 Å². The van der Waals surface area contributed by atoms with Crippen LogP contribution in [0.1, 0.15) is 99.3 Å². The predicted octanol–water partition coefficient (Wildman–Crippen LogP) is 13.1. The van der Waals surface area contributed by atoms with Crippen molar-refractivity contribution in [2.45, 2.75) is 100 Å². The van der Waals surface area contributed by atoms with E-state index >= 15 is 0 Å². The Hall–Kier alpha value is -3.31. The molecule has 261 valence electrons. The number of carbonyl (C=O) groups is 1. The van der Waals surface area contributed by atoms with E-state index in [1.165, 1.54) is 37.2 Å². The predicted molar refractivity (Wildman–Crippen MR) is 205 cm³/mol. The fourth-order valence-electron chi connectivity index (χ4n) is 6.25. The molecule has 6 rings (SSSR count). The summed E-state index contributed by atoms with van der Waals surface area (Å²) in [6, 6.07) is 23.1. The number of pyridine rings is 1. The maximum absolute atomic E-state index is 12.2. The van der Waals surface area contributed by atoms with E-state index in [1.807, 2.05) is 66.0 Å². The van der Waals surface area contributed by atoms with Crippen LogP contribution in [0.5, 0.6) is 0 Å². The average Bonchev–Trinajstić information content (AvgIpc) is 3.63. The van der Waals surface area contributed by atoms with Crippen molar-refractivity contribution in [3.8, 4) is 11.3 Å². The number of nitrogens with zero attached hydrogens (tertiary/aromatic N) is 1. The van der Waals surface area contributed by atoms with Gasteiger partial charge in [-0.1, -0.05) is 91.5 Å². The van der Waals surface area contributed by atoms with Crippen LogP contribution in [0.2, 0.25) is 0 Å². The quantitative estimate of drug-likeness (QED) is 0.0941. The van der Waals surface area contributed by atoms with Crippen LogP contribution in [0.25, 0.3) is 53.2 Å². The number of benzene rings is 3. The molecule has 0 fully saturated rings. The molecule has 0 saturated carbocycles. The Bertz CT molecular complexity index is 2140. The zero-order valence-corrected chi connectivity index (χ0v) is 33.8. The fourth-order valence-corrected chi connectivity index (χ4v) is 7.38. The topological polar surface area (TPSA) is 63.3 Å². The second kappa shape index (κ2) is 14.9. The summed E-state index contributed by atoms with van der Waals surface area (Å²) in [6.45, 7) is 20.9. The first-order chi connectivity index (χ1) is 22.7. The van der Waals surface area contributed by atoms with E-state index < -0.39 is 0 Å². The summed E-state index contributed by atoms with van der Waals surface area (Å²) in [5.41, 5.74) is 3.70. The second-order valence-corrected chi connectivity index (χ2v) is 15.8. The van der Waals surface area contributed by atoms with Gasteiger partial charge in [-0.3, -0.25) is 9.78 Å². The van der Waals surface area contributed by atoms with Gasteiger partial charge in [0, 0.05) is 63.7 Å². The first kappa shape index (κ1) is 38.5. The molecule has 3 aromatic carbocycles. The van der Waals surface area contributed by atoms with Gasteiger partial charge in [-0.2, -0.15) is 0 Å². The molecule has 6 aromatic rings. The number of carbonyl (C=O) groups excluding carboxylic acids is 1. The van der Waals surface area contributed by atoms with Crippen molar-refractivity contribution in [1.29, 1.82) is 0 Å². The number of ketones is 1. The Balaban J connectivity index is 0.000000260. The molecule has 1 radical (unpaired) electrons. The van der Waals surface area contributed by atoms with Crippen molar-refractivity contribution in [2.75, 3.05) is 0 Å². The molecule has 1 N–H and O–H groups in total. The van der Waals surface area contributed by atoms with Gasteiger partial charge in [0.2, 0.25) is 0 Å². The van der Waals surface area contributed by atoms with E-state index in [0.29, 0.717) is 0 Å². The minimum absolute atomic E-state index is 0. The molecule has 0 unspecified atom stereocenters. The number of aryl methyl sites for hydroxylation is 1. The Morgan fingerprint density at radius 2 is 1.53 bits per heavy atom. The fraction of sp³-hybridized carbons (Fsp3) is 0.395. The molecule has 0 saturated heterocycles. The summed E-state index contributed by atoms with van der Waals surface area (Å²) in [5.74, 6) is 1.22. The monoisotopic (exact) mass is 853 g/mol. The minimum atomic E-state index is -0.337. The first-order valence-electron chi connectivity index (χ1n) is 17.3. The van der Waals surface area contributed by atoms with Crippen molar-refractivity contribution in [2.24, 2.45) is 10.8 Å². The van der Waals surface area contributed by atoms with E-state index in [2.05, 4.69) is 81.4 Å². The Morgan fingerprint density at radius 3 is 2.16 bits per heavy atom. The van der Waals surface area contributed by atoms with Crippen molar-refractivity contribution >= 4 is 59.0 Å². The van der Waals surface area contributed by atoms with E-state index in [9.17, 15) is 9.90 Å². The number of hydrogen-bond donors (Lipinski definition) is 1. The summed E-state index contributed by atoms with van der Waals surface area (Å²) in [4.78, 5) is 17.0. The summed E-state index contributed by atoms with van der Waals surface area (Å²) in [6.07, 6.45) is 6.67. The van der Waals surface area contributed by atoms with Crippen LogP contribution in [-0.4, -0.2) is 15.9 Å². The zero-order valence-electron chi connectivity index (χ0n) is 30.6. The van der Waals surface area contributed by atoms with Crippen LogP contribution < -0.4 is 0 Å². The van der Waals surface area contributed by atoms with Crippen LogP contribution in [0.15, 0.2) is 77.0 Å². The maximum atomic E-state index is 12.2. The van der Waals surface area contributed by atoms with Crippen LogP contribution >= 0.6 is 11.3 Å². The number of furan rings is 1. The SMILES string of the molecule is CCC(C)(CC)C(=O)/C=C(\O)C(C)(CC)CC.Cc1cc2cc3sc4ccnc(-c5[c-]c6ccccc6c(C(C)(C)C)c5)c4c3cc2o1.[Ir]. The minimum Gasteiger partial charge on any atom is -0.512 e. The van der Waals surface area contributed by atoms with Crippen molar-refractivity contribution in [3.63, 3.8) is 0 Å². The van der Waals surface area contributed by atoms with Crippen molar-refractivity contribution in [1.82, 2.24) is 4.98 Å². The van der Waals surface area contributed by atoms with Crippen LogP contribution in [-0.2, 0) is 30.3 Å². The van der Waals surface area contributed by atoms with Crippen LogP contribution in [0, 0.1) is 23.8 Å². The van der Waals surface area contributed by atoms with Gasteiger partial charge in [0.1, 0.15) is 17.1 Å². The number of aliphatic hydroxyl groups is 1. The molecule has 0 bridgehead atoms. The van der Waals surface area contributed by atoms with Gasteiger partial charge in [0.05, 0.1) is 0 Å². The van der Waals surface area contributed by atoms with Crippen molar-refractivity contribution in [3.05, 3.63) is 90.0 Å². The van der Waals surface area contributed by atoms with Gasteiger partial charge in [0.25, 0.3) is 0 Å². The van der Waals surface area contributed by atoms with Gasteiger partial charge in [0.15, 0.2) is 5.78 Å². The van der Waals surface area contributed by atoms with E-state index in [4.69, 9.17) is 9.40 Å². The summed E-state index contributed by atoms with van der Waals surface area (Å²) in [5, 5.41) is 16.1. The third kappa shape index (κ3) is 7.57. The van der Waals surface area contributed by atoms with Crippen LogP contribution in [0.3, 0.4) is 0 Å². The largest absolute Gasteiger partial charge is 0.512 e. The normalized spacial score (nSPS) is 12.7. The van der Waals surface area contributed by atoms with Crippen molar-refractivity contribution < 1.29 is 34.4 Å². The Kier molecular flexibility index (Phi) is 11.7. The molecule has 49 heavy (non-hydrogen) atoms. The molecule has 0 aliphatic heterocycles. The number of thiophene rings is 1. The first-order valence-corrected chi connectivity index (χ1v) is 18.1.